The molecular formula is C11H11BrClN3. The zero-order valence-corrected chi connectivity index (χ0v) is 11.3. The van der Waals surface area contributed by atoms with Crippen molar-refractivity contribution < 1.29 is 0 Å². The van der Waals surface area contributed by atoms with E-state index in [0.29, 0.717) is 0 Å². The highest BCUT2D eigenvalue weighted by molar-refractivity contribution is 9.10. The minimum absolute atomic E-state index is 0.744. The van der Waals surface area contributed by atoms with E-state index in [2.05, 4.69) is 26.2 Å². The average Bonchev–Trinajstić information content (AvgIpc) is 2.71. The molecule has 0 saturated heterocycles. The van der Waals surface area contributed by atoms with Crippen molar-refractivity contribution in [2.75, 3.05) is 12.4 Å². The molecule has 0 aliphatic heterocycles. The van der Waals surface area contributed by atoms with Crippen LogP contribution in [-0.4, -0.2) is 16.6 Å². The molecule has 0 radical (unpaired) electrons. The third-order valence-corrected chi connectivity index (χ3v) is 3.39. The molecule has 1 aromatic heterocycles. The van der Waals surface area contributed by atoms with Crippen molar-refractivity contribution in [3.05, 3.63) is 39.6 Å². The third-order valence-electron chi connectivity index (χ3n) is 2.35. The minimum Gasteiger partial charge on any atom is -0.358 e. The fourth-order valence-electron chi connectivity index (χ4n) is 1.50. The van der Waals surface area contributed by atoms with Gasteiger partial charge in [0.25, 0.3) is 0 Å². The number of aryl methyl sites for hydroxylation is 1. The Morgan fingerprint density at radius 1 is 1.44 bits per heavy atom. The summed E-state index contributed by atoms with van der Waals surface area (Å²) in [6.07, 6.45) is 3.63. The van der Waals surface area contributed by atoms with Crippen LogP contribution in [0.3, 0.4) is 0 Å². The van der Waals surface area contributed by atoms with E-state index in [1.807, 2.05) is 36.9 Å². The molecule has 0 atom stereocenters. The summed E-state index contributed by atoms with van der Waals surface area (Å²) in [6.45, 7) is 1.98. The first-order valence-electron chi connectivity index (χ1n) is 4.80. The molecule has 0 unspecified atom stereocenters. The highest BCUT2D eigenvalue weighted by Crippen LogP contribution is 2.29. The van der Waals surface area contributed by atoms with Gasteiger partial charge in [-0.1, -0.05) is 11.6 Å². The summed E-state index contributed by atoms with van der Waals surface area (Å²) in [7, 11) is 1.84. The number of hydrogen-bond acceptors (Lipinski definition) is 2. The molecule has 1 aromatic carbocycles. The quantitative estimate of drug-likeness (QED) is 0.917. The Bertz CT molecular complexity index is 522. The minimum atomic E-state index is 0.744. The molecule has 0 fully saturated rings. The van der Waals surface area contributed by atoms with Gasteiger partial charge >= 0.3 is 0 Å². The van der Waals surface area contributed by atoms with Gasteiger partial charge in [-0.3, -0.25) is 4.57 Å². The van der Waals surface area contributed by atoms with Crippen LogP contribution in [0.15, 0.2) is 29.0 Å². The lowest BCUT2D eigenvalue weighted by Crippen LogP contribution is -2.01. The maximum Gasteiger partial charge on any atom is 0.207 e. The predicted octanol–water partition coefficient (Wildman–Crippen LogP) is 3.64. The molecule has 84 valence electrons. The Morgan fingerprint density at radius 3 is 2.88 bits per heavy atom. The molecule has 3 nitrogen and oxygen atoms in total. The Hall–Kier alpha value is -1.000. The van der Waals surface area contributed by atoms with Crippen LogP contribution in [-0.2, 0) is 0 Å². The van der Waals surface area contributed by atoms with E-state index in [1.54, 1.807) is 6.20 Å². The number of halogens is 2. The van der Waals surface area contributed by atoms with Crippen LogP contribution in [0.2, 0.25) is 5.02 Å². The molecule has 1 N–H and O–H groups in total. The molecule has 0 amide bonds. The van der Waals surface area contributed by atoms with E-state index in [9.17, 15) is 0 Å². The van der Waals surface area contributed by atoms with E-state index in [1.165, 1.54) is 0 Å². The number of hydrogen-bond donors (Lipinski definition) is 1. The number of aromatic nitrogens is 2. The van der Waals surface area contributed by atoms with Gasteiger partial charge in [0.15, 0.2) is 0 Å². The number of imidazole rings is 1. The second-order valence-corrected chi connectivity index (χ2v) is 4.69. The fourth-order valence-corrected chi connectivity index (χ4v) is 2.31. The Morgan fingerprint density at radius 2 is 2.19 bits per heavy atom. The molecular weight excluding hydrogens is 289 g/mol. The van der Waals surface area contributed by atoms with Gasteiger partial charge in [-0.25, -0.2) is 4.98 Å². The SMILES string of the molecule is CNc1nccn1-c1cc(Cl)c(C)cc1Br. The zero-order chi connectivity index (χ0) is 11.7. The van der Waals surface area contributed by atoms with E-state index in [0.717, 1.165) is 26.7 Å². The lowest BCUT2D eigenvalue weighted by atomic mass is 10.2. The van der Waals surface area contributed by atoms with Crippen molar-refractivity contribution >= 4 is 33.5 Å². The van der Waals surface area contributed by atoms with E-state index >= 15 is 0 Å². The molecule has 0 spiro atoms. The molecule has 0 aliphatic carbocycles. The van der Waals surface area contributed by atoms with Crippen LogP contribution < -0.4 is 5.32 Å². The second-order valence-electron chi connectivity index (χ2n) is 3.42. The molecule has 0 bridgehead atoms. The van der Waals surface area contributed by atoms with E-state index in [4.69, 9.17) is 11.6 Å². The highest BCUT2D eigenvalue weighted by atomic mass is 79.9. The first-order valence-corrected chi connectivity index (χ1v) is 5.97. The summed E-state index contributed by atoms with van der Waals surface area (Å²) < 4.78 is 2.93. The zero-order valence-electron chi connectivity index (χ0n) is 8.96. The molecule has 16 heavy (non-hydrogen) atoms. The van der Waals surface area contributed by atoms with Gasteiger partial charge in [-0.05, 0) is 40.5 Å². The fraction of sp³-hybridized carbons (Fsp3) is 0.182. The van der Waals surface area contributed by atoms with Gasteiger partial charge in [-0.15, -0.1) is 0 Å². The maximum atomic E-state index is 6.12. The number of anilines is 1. The van der Waals surface area contributed by atoms with E-state index in [-0.39, 0.29) is 0 Å². The van der Waals surface area contributed by atoms with Crippen molar-refractivity contribution in [1.82, 2.24) is 9.55 Å². The number of benzene rings is 1. The largest absolute Gasteiger partial charge is 0.358 e. The van der Waals surface area contributed by atoms with Gasteiger partial charge < -0.3 is 5.32 Å². The Labute approximate surface area is 108 Å². The highest BCUT2D eigenvalue weighted by Gasteiger charge is 2.09. The topological polar surface area (TPSA) is 29.9 Å². The molecule has 2 rings (SSSR count). The standard InChI is InChI=1S/C11H11BrClN3/c1-7-5-8(12)10(6-9(7)13)16-4-3-15-11(16)14-2/h3-6H,1-2H3,(H,14,15). The first kappa shape index (κ1) is 11.5. The summed E-state index contributed by atoms with van der Waals surface area (Å²) in [5, 5.41) is 3.77. The van der Waals surface area contributed by atoms with Gasteiger partial charge in [0.05, 0.1) is 5.69 Å². The van der Waals surface area contributed by atoms with Crippen LogP contribution in [0.25, 0.3) is 5.69 Å². The molecule has 2 aromatic rings. The van der Waals surface area contributed by atoms with Crippen molar-refractivity contribution in [2.24, 2.45) is 0 Å². The van der Waals surface area contributed by atoms with Crippen molar-refractivity contribution in [1.29, 1.82) is 0 Å². The van der Waals surface area contributed by atoms with Crippen molar-refractivity contribution in [3.63, 3.8) is 0 Å². The monoisotopic (exact) mass is 299 g/mol. The third kappa shape index (κ3) is 1.95. The maximum absolute atomic E-state index is 6.12. The summed E-state index contributed by atoms with van der Waals surface area (Å²) in [4.78, 5) is 4.19. The molecule has 1 heterocycles. The van der Waals surface area contributed by atoms with Crippen LogP contribution in [0, 0.1) is 6.92 Å². The predicted molar refractivity (Wildman–Crippen MR) is 70.6 cm³/mol. The van der Waals surface area contributed by atoms with Crippen molar-refractivity contribution in [3.8, 4) is 5.69 Å². The lowest BCUT2D eigenvalue weighted by molar-refractivity contribution is 1.05. The van der Waals surface area contributed by atoms with Gasteiger partial charge in [-0.2, -0.15) is 0 Å². The summed E-state index contributed by atoms with van der Waals surface area (Å²) in [6, 6.07) is 3.92. The van der Waals surface area contributed by atoms with Gasteiger partial charge in [0, 0.05) is 28.9 Å². The summed E-state index contributed by atoms with van der Waals surface area (Å²) >= 11 is 9.65. The van der Waals surface area contributed by atoms with Crippen LogP contribution in [0.1, 0.15) is 5.56 Å². The van der Waals surface area contributed by atoms with Gasteiger partial charge in [0.2, 0.25) is 5.95 Å². The average molecular weight is 301 g/mol. The van der Waals surface area contributed by atoms with E-state index < -0.39 is 0 Å². The van der Waals surface area contributed by atoms with Crippen LogP contribution >= 0.6 is 27.5 Å². The molecule has 0 saturated carbocycles. The lowest BCUT2D eigenvalue weighted by Gasteiger charge is -2.11. The summed E-state index contributed by atoms with van der Waals surface area (Å²) in [5.41, 5.74) is 2.01. The Kier molecular flexibility index (Phi) is 3.21. The van der Waals surface area contributed by atoms with Gasteiger partial charge in [0.1, 0.15) is 0 Å². The summed E-state index contributed by atoms with van der Waals surface area (Å²) in [5.74, 6) is 0.778. The number of nitrogens with zero attached hydrogens (tertiary/aromatic N) is 2. The smallest absolute Gasteiger partial charge is 0.207 e. The number of rotatable bonds is 2. The normalized spacial score (nSPS) is 10.5. The molecule has 5 heteroatoms. The first-order chi connectivity index (χ1) is 7.63. The second kappa shape index (κ2) is 4.47. The van der Waals surface area contributed by atoms with Crippen LogP contribution in [0.4, 0.5) is 5.95 Å². The van der Waals surface area contributed by atoms with Crippen molar-refractivity contribution in [2.45, 2.75) is 6.92 Å². The van der Waals surface area contributed by atoms with Crippen LogP contribution in [0.5, 0.6) is 0 Å². The molecule has 0 aliphatic rings. The number of nitrogens with one attached hydrogen (secondary N) is 1. The Balaban J connectivity index is 2.60.